The SMILES string of the molecule is O=C(C[C@H]1CCOc2ccccc21)c1ccc2nc(-c3ccccc3Cl)cnc2c1. The number of benzene rings is 3. The standard InChI is InChI=1S/C25H19ClN2O2/c26-20-7-3-1-6-19(20)23-15-27-22-13-17(9-10-21(22)28-23)24(29)14-16-11-12-30-25-8-4-2-5-18(16)25/h1-10,13,15-16H,11-12,14H2/t16-/m1/s1. The Balaban J connectivity index is 1.41. The molecular formula is C25H19ClN2O2. The van der Waals surface area contributed by atoms with Crippen LogP contribution < -0.4 is 4.74 Å². The van der Waals surface area contributed by atoms with Gasteiger partial charge >= 0.3 is 0 Å². The summed E-state index contributed by atoms with van der Waals surface area (Å²) >= 11 is 6.28. The largest absolute Gasteiger partial charge is 0.493 e. The molecule has 0 aliphatic carbocycles. The lowest BCUT2D eigenvalue weighted by atomic mass is 9.87. The van der Waals surface area contributed by atoms with Gasteiger partial charge in [-0.15, -0.1) is 0 Å². The van der Waals surface area contributed by atoms with E-state index in [0.717, 1.165) is 28.8 Å². The number of ketones is 1. The molecule has 1 aliphatic rings. The predicted molar refractivity (Wildman–Crippen MR) is 118 cm³/mol. The van der Waals surface area contributed by atoms with Gasteiger partial charge in [-0.05, 0) is 48.2 Å². The molecule has 1 aromatic heterocycles. The number of carbonyl (C=O) groups excluding carboxylic acids is 1. The van der Waals surface area contributed by atoms with Crippen LogP contribution in [0.15, 0.2) is 72.9 Å². The summed E-state index contributed by atoms with van der Waals surface area (Å²) in [6, 6.07) is 21.0. The minimum atomic E-state index is 0.107. The van der Waals surface area contributed by atoms with Gasteiger partial charge in [-0.25, -0.2) is 4.98 Å². The van der Waals surface area contributed by atoms with Crippen LogP contribution in [0.2, 0.25) is 5.02 Å². The summed E-state index contributed by atoms with van der Waals surface area (Å²) in [7, 11) is 0. The van der Waals surface area contributed by atoms with E-state index in [1.54, 1.807) is 6.20 Å². The van der Waals surface area contributed by atoms with Gasteiger partial charge in [-0.3, -0.25) is 9.78 Å². The fraction of sp³-hybridized carbons (Fsp3) is 0.160. The third-order valence-corrected chi connectivity index (χ3v) is 5.86. The van der Waals surface area contributed by atoms with Gasteiger partial charge in [0, 0.05) is 17.5 Å². The number of ether oxygens (including phenoxy) is 1. The minimum absolute atomic E-state index is 0.107. The lowest BCUT2D eigenvalue weighted by Gasteiger charge is -2.25. The minimum Gasteiger partial charge on any atom is -0.493 e. The molecule has 0 spiro atoms. The van der Waals surface area contributed by atoms with E-state index in [4.69, 9.17) is 16.3 Å². The zero-order valence-electron chi connectivity index (χ0n) is 16.2. The topological polar surface area (TPSA) is 52.1 Å². The van der Waals surface area contributed by atoms with Gasteiger partial charge in [0.2, 0.25) is 0 Å². The van der Waals surface area contributed by atoms with E-state index < -0.39 is 0 Å². The zero-order valence-corrected chi connectivity index (χ0v) is 17.0. The molecule has 1 aliphatic heterocycles. The van der Waals surface area contributed by atoms with E-state index in [2.05, 4.69) is 16.0 Å². The first-order chi connectivity index (χ1) is 14.7. The molecule has 0 bridgehead atoms. The second-order valence-corrected chi connectivity index (χ2v) is 7.84. The van der Waals surface area contributed by atoms with Crippen LogP contribution in [0.4, 0.5) is 0 Å². The zero-order chi connectivity index (χ0) is 20.5. The van der Waals surface area contributed by atoms with Crippen molar-refractivity contribution >= 4 is 28.4 Å². The number of para-hydroxylation sites is 1. The maximum absolute atomic E-state index is 13.0. The first-order valence-corrected chi connectivity index (χ1v) is 10.3. The number of carbonyl (C=O) groups is 1. The van der Waals surface area contributed by atoms with Crippen molar-refractivity contribution in [3.63, 3.8) is 0 Å². The van der Waals surface area contributed by atoms with E-state index in [0.29, 0.717) is 34.8 Å². The third kappa shape index (κ3) is 3.55. The van der Waals surface area contributed by atoms with Crippen molar-refractivity contribution in [1.82, 2.24) is 9.97 Å². The predicted octanol–water partition coefficient (Wildman–Crippen LogP) is 6.09. The van der Waals surface area contributed by atoms with E-state index in [1.807, 2.05) is 60.7 Å². The van der Waals surface area contributed by atoms with Gasteiger partial charge in [0.05, 0.1) is 34.6 Å². The number of hydrogen-bond acceptors (Lipinski definition) is 4. The second-order valence-electron chi connectivity index (χ2n) is 7.44. The van der Waals surface area contributed by atoms with Crippen molar-refractivity contribution in [2.75, 3.05) is 6.61 Å². The van der Waals surface area contributed by atoms with Gasteiger partial charge in [0.1, 0.15) is 5.75 Å². The van der Waals surface area contributed by atoms with Gasteiger partial charge in [0.25, 0.3) is 0 Å². The highest BCUT2D eigenvalue weighted by atomic mass is 35.5. The third-order valence-electron chi connectivity index (χ3n) is 5.53. The van der Waals surface area contributed by atoms with Crippen LogP contribution in [-0.2, 0) is 0 Å². The molecular weight excluding hydrogens is 396 g/mol. The summed E-state index contributed by atoms with van der Waals surface area (Å²) in [6.07, 6.45) is 3.00. The van der Waals surface area contributed by atoms with Crippen molar-refractivity contribution in [2.24, 2.45) is 0 Å². The van der Waals surface area contributed by atoms with Gasteiger partial charge in [-0.2, -0.15) is 0 Å². The first kappa shape index (κ1) is 18.8. The molecule has 148 valence electrons. The molecule has 0 fully saturated rings. The Kier molecular flexibility index (Phi) is 4.93. The van der Waals surface area contributed by atoms with Crippen LogP contribution in [0, 0.1) is 0 Å². The maximum Gasteiger partial charge on any atom is 0.163 e. The van der Waals surface area contributed by atoms with Crippen LogP contribution >= 0.6 is 11.6 Å². The molecule has 4 nitrogen and oxygen atoms in total. The van der Waals surface area contributed by atoms with Crippen LogP contribution in [0.3, 0.4) is 0 Å². The number of halogens is 1. The smallest absolute Gasteiger partial charge is 0.163 e. The number of aromatic nitrogens is 2. The van der Waals surface area contributed by atoms with Crippen molar-refractivity contribution in [3.05, 3.63) is 89.1 Å². The Morgan fingerprint density at radius 1 is 1.03 bits per heavy atom. The van der Waals surface area contributed by atoms with Gasteiger partial charge < -0.3 is 4.74 Å². The van der Waals surface area contributed by atoms with Crippen LogP contribution in [0.5, 0.6) is 5.75 Å². The normalized spacial score (nSPS) is 15.4. The Labute approximate surface area is 179 Å². The number of fused-ring (bicyclic) bond motifs is 2. The average molecular weight is 415 g/mol. The number of Topliss-reactive ketones (excluding diaryl/α,β-unsaturated/α-hetero) is 1. The Hall–Kier alpha value is -3.24. The highest BCUT2D eigenvalue weighted by Crippen LogP contribution is 2.36. The molecule has 0 amide bonds. The summed E-state index contributed by atoms with van der Waals surface area (Å²) in [5.74, 6) is 1.17. The molecule has 4 aromatic rings. The summed E-state index contributed by atoms with van der Waals surface area (Å²) in [5, 5.41) is 0.634. The number of hydrogen-bond donors (Lipinski definition) is 0. The van der Waals surface area contributed by atoms with E-state index in [-0.39, 0.29) is 11.7 Å². The molecule has 3 aromatic carbocycles. The fourth-order valence-corrected chi connectivity index (χ4v) is 4.18. The number of nitrogens with zero attached hydrogens (tertiary/aromatic N) is 2. The molecule has 0 radical (unpaired) electrons. The van der Waals surface area contributed by atoms with Crippen LogP contribution in [0.25, 0.3) is 22.3 Å². The van der Waals surface area contributed by atoms with Crippen molar-refractivity contribution < 1.29 is 9.53 Å². The summed E-state index contributed by atoms with van der Waals surface area (Å²) in [4.78, 5) is 22.2. The fourth-order valence-electron chi connectivity index (χ4n) is 3.95. The van der Waals surface area contributed by atoms with Crippen molar-refractivity contribution in [3.8, 4) is 17.0 Å². The molecule has 30 heavy (non-hydrogen) atoms. The molecule has 5 heteroatoms. The lowest BCUT2D eigenvalue weighted by Crippen LogP contribution is -2.17. The summed E-state index contributed by atoms with van der Waals surface area (Å²) in [6.45, 7) is 0.642. The highest BCUT2D eigenvalue weighted by molar-refractivity contribution is 6.33. The summed E-state index contributed by atoms with van der Waals surface area (Å²) < 4.78 is 5.72. The Morgan fingerprint density at radius 2 is 1.87 bits per heavy atom. The monoisotopic (exact) mass is 414 g/mol. The maximum atomic E-state index is 13.0. The van der Waals surface area contributed by atoms with Crippen LogP contribution in [-0.4, -0.2) is 22.4 Å². The van der Waals surface area contributed by atoms with E-state index in [1.165, 1.54) is 0 Å². The van der Waals surface area contributed by atoms with E-state index >= 15 is 0 Å². The quantitative estimate of drug-likeness (QED) is 0.379. The first-order valence-electron chi connectivity index (χ1n) is 9.96. The second kappa shape index (κ2) is 7.88. The van der Waals surface area contributed by atoms with Crippen molar-refractivity contribution in [1.29, 1.82) is 0 Å². The highest BCUT2D eigenvalue weighted by Gasteiger charge is 2.24. The molecule has 0 unspecified atom stereocenters. The molecule has 5 rings (SSSR count). The molecule has 2 heterocycles. The molecule has 0 N–H and O–H groups in total. The number of rotatable bonds is 4. The van der Waals surface area contributed by atoms with Crippen LogP contribution in [0.1, 0.15) is 34.7 Å². The summed E-state index contributed by atoms with van der Waals surface area (Å²) in [5.41, 5.74) is 4.76. The average Bonchev–Trinajstić information content (AvgIpc) is 2.79. The van der Waals surface area contributed by atoms with Gasteiger partial charge in [0.15, 0.2) is 5.78 Å². The molecule has 0 saturated heterocycles. The Bertz CT molecular complexity index is 1250. The van der Waals surface area contributed by atoms with Gasteiger partial charge in [-0.1, -0.05) is 48.0 Å². The molecule has 0 saturated carbocycles. The lowest BCUT2D eigenvalue weighted by molar-refractivity contribution is 0.0966. The Morgan fingerprint density at radius 3 is 2.77 bits per heavy atom. The molecule has 1 atom stereocenters. The van der Waals surface area contributed by atoms with E-state index in [9.17, 15) is 4.79 Å². The van der Waals surface area contributed by atoms with Crippen molar-refractivity contribution in [2.45, 2.75) is 18.8 Å².